The number of sulfonamides is 1. The second-order valence-electron chi connectivity index (χ2n) is 7.57. The maximum absolute atomic E-state index is 13.8. The molecule has 2 aliphatic rings. The number of hydrazone groups is 1. The van der Waals surface area contributed by atoms with Crippen molar-refractivity contribution < 1.29 is 36.2 Å². The molecule has 0 bridgehead atoms. The smallest absolute Gasteiger partial charge is 0.379 e. The van der Waals surface area contributed by atoms with E-state index >= 15 is 0 Å². The normalized spacial score (nSPS) is 22.3. The molecule has 2 aliphatic heterocycles. The Balaban J connectivity index is 1.71. The molecular formula is C21H20F3N3O5S. The minimum absolute atomic E-state index is 0.0181. The van der Waals surface area contributed by atoms with Gasteiger partial charge in [-0.3, -0.25) is 4.79 Å². The fraction of sp³-hybridized carbons (Fsp3) is 0.333. The number of benzene rings is 2. The summed E-state index contributed by atoms with van der Waals surface area (Å²) in [4.78, 5) is 12.8. The highest BCUT2D eigenvalue weighted by Gasteiger charge is 2.63. The zero-order valence-corrected chi connectivity index (χ0v) is 18.0. The van der Waals surface area contributed by atoms with Crippen LogP contribution >= 0.6 is 0 Å². The van der Waals surface area contributed by atoms with Crippen molar-refractivity contribution in [3.63, 3.8) is 0 Å². The Morgan fingerprint density at radius 3 is 2.36 bits per heavy atom. The van der Waals surface area contributed by atoms with Crippen LogP contribution in [0.15, 0.2) is 64.6 Å². The van der Waals surface area contributed by atoms with Gasteiger partial charge in [-0.15, -0.1) is 0 Å². The minimum atomic E-state index is -5.21. The van der Waals surface area contributed by atoms with Gasteiger partial charge in [0, 0.05) is 18.7 Å². The van der Waals surface area contributed by atoms with Crippen LogP contribution in [0.2, 0.25) is 0 Å². The third-order valence-electron chi connectivity index (χ3n) is 5.43. The maximum atomic E-state index is 13.8. The summed E-state index contributed by atoms with van der Waals surface area (Å²) in [5, 5.41) is 14.3. The number of ether oxygens (including phenoxy) is 1. The lowest BCUT2D eigenvalue weighted by Crippen LogP contribution is -2.56. The van der Waals surface area contributed by atoms with Crippen LogP contribution in [0.3, 0.4) is 0 Å². The van der Waals surface area contributed by atoms with Crippen molar-refractivity contribution in [3.05, 3.63) is 65.7 Å². The molecule has 1 atom stereocenters. The number of alkyl halides is 3. The number of hydrogen-bond donors (Lipinski definition) is 1. The van der Waals surface area contributed by atoms with Crippen LogP contribution in [0.5, 0.6) is 0 Å². The predicted octanol–water partition coefficient (Wildman–Crippen LogP) is 2.21. The lowest BCUT2D eigenvalue weighted by Gasteiger charge is -2.32. The van der Waals surface area contributed by atoms with E-state index in [1.54, 1.807) is 18.2 Å². The Kier molecular flexibility index (Phi) is 6.03. The molecular weight excluding hydrogens is 463 g/mol. The number of hydrogen-bond acceptors (Lipinski definition) is 6. The molecule has 2 aromatic rings. The summed E-state index contributed by atoms with van der Waals surface area (Å²) >= 11 is 0. The SMILES string of the molecule is O=C(c1cccc(S(=O)(=O)N2CCOCC2)c1)N1N=C(c2ccccc2)CC1(O)C(F)(F)F. The highest BCUT2D eigenvalue weighted by molar-refractivity contribution is 7.89. The summed E-state index contributed by atoms with van der Waals surface area (Å²) in [6, 6.07) is 12.5. The van der Waals surface area contributed by atoms with E-state index in [4.69, 9.17) is 4.74 Å². The molecule has 1 unspecified atom stereocenters. The predicted molar refractivity (Wildman–Crippen MR) is 111 cm³/mol. The van der Waals surface area contributed by atoms with Gasteiger partial charge in [0.15, 0.2) is 0 Å². The van der Waals surface area contributed by atoms with Crippen LogP contribution in [0.4, 0.5) is 13.2 Å². The highest BCUT2D eigenvalue weighted by Crippen LogP contribution is 2.42. The lowest BCUT2D eigenvalue weighted by molar-refractivity contribution is -0.297. The van der Waals surface area contributed by atoms with Crippen molar-refractivity contribution in [1.29, 1.82) is 0 Å². The second kappa shape index (κ2) is 8.52. The van der Waals surface area contributed by atoms with Crippen molar-refractivity contribution in [2.75, 3.05) is 26.3 Å². The number of halogens is 3. The Bertz CT molecular complexity index is 1180. The molecule has 0 radical (unpaired) electrons. The minimum Gasteiger partial charge on any atom is -0.379 e. The zero-order valence-electron chi connectivity index (χ0n) is 17.2. The van der Waals surface area contributed by atoms with E-state index in [9.17, 15) is 31.5 Å². The first-order valence-corrected chi connectivity index (χ1v) is 11.4. The van der Waals surface area contributed by atoms with Gasteiger partial charge in [-0.1, -0.05) is 36.4 Å². The van der Waals surface area contributed by atoms with Gasteiger partial charge in [0.05, 0.1) is 30.2 Å². The Morgan fingerprint density at radius 2 is 1.73 bits per heavy atom. The van der Waals surface area contributed by atoms with E-state index in [1.165, 1.54) is 34.6 Å². The average Bonchev–Trinajstić information content (AvgIpc) is 3.19. The average molecular weight is 483 g/mol. The van der Waals surface area contributed by atoms with E-state index in [1.807, 2.05) is 0 Å². The van der Waals surface area contributed by atoms with Crippen LogP contribution < -0.4 is 0 Å². The summed E-state index contributed by atoms with van der Waals surface area (Å²) in [5.74, 6) is -1.28. The summed E-state index contributed by atoms with van der Waals surface area (Å²) in [6.07, 6.45) is -6.17. The van der Waals surface area contributed by atoms with E-state index in [-0.39, 0.29) is 47.5 Å². The molecule has 8 nitrogen and oxygen atoms in total. The Hall–Kier alpha value is -2.80. The van der Waals surface area contributed by atoms with E-state index in [0.29, 0.717) is 5.56 Å². The number of carbonyl (C=O) groups excluding carboxylic acids is 1. The van der Waals surface area contributed by atoms with Crippen molar-refractivity contribution in [2.24, 2.45) is 5.10 Å². The topological polar surface area (TPSA) is 99.5 Å². The van der Waals surface area contributed by atoms with Crippen LogP contribution in [0, 0.1) is 0 Å². The van der Waals surface area contributed by atoms with Gasteiger partial charge in [-0.05, 0) is 23.8 Å². The molecule has 0 aliphatic carbocycles. The van der Waals surface area contributed by atoms with Crippen LogP contribution in [-0.2, 0) is 14.8 Å². The Morgan fingerprint density at radius 1 is 1.06 bits per heavy atom. The molecule has 1 N–H and O–H groups in total. The van der Waals surface area contributed by atoms with Crippen LogP contribution in [0.25, 0.3) is 0 Å². The van der Waals surface area contributed by atoms with Gasteiger partial charge in [0.2, 0.25) is 10.0 Å². The van der Waals surface area contributed by atoms with E-state index in [2.05, 4.69) is 5.10 Å². The van der Waals surface area contributed by atoms with Crippen molar-refractivity contribution in [3.8, 4) is 0 Å². The molecule has 0 saturated carbocycles. The number of morpholine rings is 1. The van der Waals surface area contributed by atoms with Crippen molar-refractivity contribution >= 4 is 21.6 Å². The third-order valence-corrected chi connectivity index (χ3v) is 7.32. The first-order valence-electron chi connectivity index (χ1n) is 9.98. The summed E-state index contributed by atoms with van der Waals surface area (Å²) in [7, 11) is -3.99. The first-order chi connectivity index (χ1) is 15.5. The molecule has 4 rings (SSSR count). The first kappa shape index (κ1) is 23.4. The molecule has 33 heavy (non-hydrogen) atoms. The number of nitrogens with zero attached hydrogens (tertiary/aromatic N) is 3. The zero-order chi connectivity index (χ0) is 23.9. The monoisotopic (exact) mass is 483 g/mol. The molecule has 1 amide bonds. The van der Waals surface area contributed by atoms with Crippen LogP contribution in [0.1, 0.15) is 22.3 Å². The van der Waals surface area contributed by atoms with Crippen molar-refractivity contribution in [1.82, 2.24) is 9.31 Å². The molecule has 0 aromatic heterocycles. The molecule has 0 spiro atoms. The van der Waals surface area contributed by atoms with Gasteiger partial charge in [0.25, 0.3) is 11.6 Å². The number of rotatable bonds is 4. The number of carbonyl (C=O) groups is 1. The fourth-order valence-electron chi connectivity index (χ4n) is 3.62. The number of aliphatic hydroxyl groups is 1. The molecule has 12 heteroatoms. The fourth-order valence-corrected chi connectivity index (χ4v) is 5.07. The molecule has 2 aromatic carbocycles. The number of amides is 1. The second-order valence-corrected chi connectivity index (χ2v) is 9.50. The van der Waals surface area contributed by atoms with Gasteiger partial charge in [-0.25, -0.2) is 8.42 Å². The molecule has 2 heterocycles. The van der Waals surface area contributed by atoms with Gasteiger partial charge >= 0.3 is 6.18 Å². The Labute approximate surface area is 187 Å². The maximum Gasteiger partial charge on any atom is 0.438 e. The van der Waals surface area contributed by atoms with E-state index < -0.39 is 34.3 Å². The largest absolute Gasteiger partial charge is 0.438 e. The molecule has 1 fully saturated rings. The quantitative estimate of drug-likeness (QED) is 0.719. The van der Waals surface area contributed by atoms with Gasteiger partial charge < -0.3 is 9.84 Å². The van der Waals surface area contributed by atoms with Crippen molar-refractivity contribution in [2.45, 2.75) is 23.2 Å². The summed E-state index contributed by atoms with van der Waals surface area (Å²) in [5.41, 5.74) is -3.74. The lowest BCUT2D eigenvalue weighted by atomic mass is 10.0. The third kappa shape index (κ3) is 4.26. The molecule has 176 valence electrons. The highest BCUT2D eigenvalue weighted by atomic mass is 32.2. The molecule has 1 saturated heterocycles. The summed E-state index contributed by atoms with van der Waals surface area (Å²) < 4.78 is 73.6. The van der Waals surface area contributed by atoms with Gasteiger partial charge in [0.1, 0.15) is 0 Å². The van der Waals surface area contributed by atoms with E-state index in [0.717, 1.165) is 6.07 Å². The summed E-state index contributed by atoms with van der Waals surface area (Å²) in [6.45, 7) is 0.652. The van der Waals surface area contributed by atoms with Gasteiger partial charge in [-0.2, -0.15) is 27.6 Å². The standard InChI is InChI=1S/C21H20F3N3O5S/c22-21(23,24)20(29)14-18(15-5-2-1-3-6-15)25-27(20)19(28)16-7-4-8-17(13-16)33(30,31)26-9-11-32-12-10-26/h1-8,13,29H,9-12,14H2. The van der Waals surface area contributed by atoms with Crippen LogP contribution in [-0.4, -0.2) is 72.7 Å².